The molecule has 0 radical (unpaired) electrons. The first-order valence-corrected chi connectivity index (χ1v) is 15.6. The van der Waals surface area contributed by atoms with Crippen LogP contribution >= 0.6 is 0 Å². The van der Waals surface area contributed by atoms with E-state index in [1.165, 1.54) is 11.6 Å². The number of fused-ring (bicyclic) bond motifs is 1. The van der Waals surface area contributed by atoms with Gasteiger partial charge in [-0.05, 0) is 56.2 Å². The van der Waals surface area contributed by atoms with Crippen LogP contribution in [0.4, 0.5) is 22.2 Å². The molecule has 3 aliphatic rings. The molecule has 236 valence electrons. The van der Waals surface area contributed by atoms with Crippen LogP contribution in [0, 0.1) is 0 Å². The number of piperidine rings is 1. The third-order valence-electron chi connectivity index (χ3n) is 9.07. The third-order valence-corrected chi connectivity index (χ3v) is 9.07. The van der Waals surface area contributed by atoms with Crippen LogP contribution < -0.4 is 35.2 Å². The first kappa shape index (κ1) is 30.4. The minimum absolute atomic E-state index is 0.0696. The largest absolute Gasteiger partial charge is 0.497 e. The zero-order chi connectivity index (χ0) is 31.3. The summed E-state index contributed by atoms with van der Waals surface area (Å²) in [5.74, 6) is 2.38. The summed E-state index contributed by atoms with van der Waals surface area (Å²) in [7, 11) is 3.19. The first-order chi connectivity index (χ1) is 22.0. The van der Waals surface area contributed by atoms with Crippen LogP contribution in [0.1, 0.15) is 49.1 Å². The average Bonchev–Trinajstić information content (AvgIpc) is 3.09. The number of hydrogen-bond donors (Lipinski definition) is 3. The van der Waals surface area contributed by atoms with E-state index in [1.54, 1.807) is 31.4 Å². The van der Waals surface area contributed by atoms with Crippen molar-refractivity contribution < 1.29 is 19.1 Å². The molecule has 1 aliphatic carbocycles. The highest BCUT2D eigenvalue weighted by Gasteiger charge is 2.39. The van der Waals surface area contributed by atoms with Crippen molar-refractivity contribution in [1.82, 2.24) is 20.6 Å². The minimum Gasteiger partial charge on any atom is -0.497 e. The number of rotatable bonds is 9. The van der Waals surface area contributed by atoms with Gasteiger partial charge in [0.15, 0.2) is 0 Å². The van der Waals surface area contributed by atoms with Gasteiger partial charge >= 0.3 is 6.03 Å². The van der Waals surface area contributed by atoms with Gasteiger partial charge in [-0.15, -0.1) is 0 Å². The molecule has 11 heteroatoms. The Morgan fingerprint density at radius 3 is 2.53 bits per heavy atom. The third kappa shape index (κ3) is 6.58. The van der Waals surface area contributed by atoms with Crippen molar-refractivity contribution in [1.29, 1.82) is 0 Å². The Kier molecular flexibility index (Phi) is 9.16. The lowest BCUT2D eigenvalue weighted by molar-refractivity contribution is -0.117. The van der Waals surface area contributed by atoms with Crippen LogP contribution in [-0.2, 0) is 11.3 Å². The number of amides is 3. The second-order valence-electron chi connectivity index (χ2n) is 11.8. The number of nitrogens with one attached hydrogen (secondary N) is 3. The standard InChI is InChI=1S/C34H41N7O4/c1-4-31(42)37-29-13-12-23(22-9-6-5-7-10-22)15-30(29)38-33-36-19-24-21-40(26-16-27(44-2)18-28(17-26)45-3)34(43)41(32(24)39-33)25-11-8-14-35-20-25/h4-7,9-10,16-19,23,25,29-30,35H,1,8,11-15,20-21H2,2-3H3,(H,37,42)(H,36,38,39). The van der Waals surface area contributed by atoms with Crippen LogP contribution in [0.3, 0.4) is 0 Å². The lowest BCUT2D eigenvalue weighted by Gasteiger charge is -2.42. The predicted octanol–water partition coefficient (Wildman–Crippen LogP) is 4.61. The smallest absolute Gasteiger partial charge is 0.330 e. The fourth-order valence-corrected chi connectivity index (χ4v) is 6.72. The van der Waals surface area contributed by atoms with Crippen LogP contribution in [0.25, 0.3) is 0 Å². The number of ether oxygens (including phenoxy) is 2. The molecule has 3 heterocycles. The van der Waals surface area contributed by atoms with Gasteiger partial charge in [0.05, 0.1) is 32.5 Å². The van der Waals surface area contributed by atoms with Crippen LogP contribution in [0.15, 0.2) is 67.4 Å². The highest BCUT2D eigenvalue weighted by molar-refractivity contribution is 6.06. The maximum Gasteiger partial charge on any atom is 0.330 e. The van der Waals surface area contributed by atoms with Gasteiger partial charge in [0.1, 0.15) is 17.3 Å². The molecule has 1 saturated carbocycles. The first-order valence-electron chi connectivity index (χ1n) is 15.6. The van der Waals surface area contributed by atoms with E-state index in [0.717, 1.165) is 44.2 Å². The Balaban J connectivity index is 1.32. The Labute approximate surface area is 264 Å². The summed E-state index contributed by atoms with van der Waals surface area (Å²) >= 11 is 0. The highest BCUT2D eigenvalue weighted by atomic mass is 16.5. The number of nitrogens with zero attached hydrogens (tertiary/aromatic N) is 4. The van der Waals surface area contributed by atoms with Gasteiger partial charge in [-0.1, -0.05) is 36.9 Å². The Bertz CT molecular complexity index is 1510. The Hall–Kier alpha value is -4.64. The summed E-state index contributed by atoms with van der Waals surface area (Å²) in [5, 5.41) is 10.1. The zero-order valence-electron chi connectivity index (χ0n) is 25.9. The van der Waals surface area contributed by atoms with Crippen LogP contribution in [0.2, 0.25) is 0 Å². The molecule has 1 aromatic heterocycles. The summed E-state index contributed by atoms with van der Waals surface area (Å²) in [6.07, 6.45) is 7.49. The van der Waals surface area contributed by atoms with E-state index in [1.807, 2.05) is 23.1 Å². The summed E-state index contributed by atoms with van der Waals surface area (Å²) in [4.78, 5) is 39.9. The monoisotopic (exact) mass is 611 g/mol. The zero-order valence-corrected chi connectivity index (χ0v) is 25.9. The molecule has 3 aromatic rings. The fraction of sp³-hybridized carbons (Fsp3) is 0.412. The van der Waals surface area contributed by atoms with Crippen molar-refractivity contribution in [2.24, 2.45) is 0 Å². The van der Waals surface area contributed by atoms with Crippen molar-refractivity contribution in [2.75, 3.05) is 42.4 Å². The lowest BCUT2D eigenvalue weighted by Crippen LogP contribution is -2.56. The minimum atomic E-state index is -0.202. The van der Waals surface area contributed by atoms with E-state index in [0.29, 0.717) is 48.0 Å². The van der Waals surface area contributed by atoms with E-state index in [4.69, 9.17) is 19.4 Å². The van der Waals surface area contributed by atoms with E-state index in [9.17, 15) is 9.59 Å². The predicted molar refractivity (Wildman–Crippen MR) is 174 cm³/mol. The number of hydrogen-bond acceptors (Lipinski definition) is 8. The molecule has 2 fully saturated rings. The number of anilines is 3. The van der Waals surface area contributed by atoms with Crippen molar-refractivity contribution in [3.05, 3.63) is 78.5 Å². The van der Waals surface area contributed by atoms with E-state index in [2.05, 4.69) is 46.8 Å². The summed E-state index contributed by atoms with van der Waals surface area (Å²) in [6, 6.07) is 15.5. The maximum atomic E-state index is 14.3. The molecule has 6 rings (SSSR count). The molecule has 2 aromatic carbocycles. The molecule has 3 amide bonds. The molecular weight excluding hydrogens is 570 g/mol. The Morgan fingerprint density at radius 2 is 1.84 bits per heavy atom. The van der Waals surface area contributed by atoms with Gasteiger partial charge in [-0.2, -0.15) is 4.98 Å². The molecule has 45 heavy (non-hydrogen) atoms. The van der Waals surface area contributed by atoms with Gasteiger partial charge in [-0.3, -0.25) is 14.6 Å². The van der Waals surface area contributed by atoms with Crippen LogP contribution in [-0.4, -0.2) is 67.3 Å². The maximum absolute atomic E-state index is 14.3. The van der Waals surface area contributed by atoms with E-state index < -0.39 is 0 Å². The Morgan fingerprint density at radius 1 is 1.07 bits per heavy atom. The van der Waals surface area contributed by atoms with Gasteiger partial charge in [0, 0.05) is 48.6 Å². The molecule has 1 saturated heterocycles. The number of carbonyl (C=O) groups is 2. The molecule has 3 N–H and O–H groups in total. The molecule has 11 nitrogen and oxygen atoms in total. The van der Waals surface area contributed by atoms with Crippen LogP contribution in [0.5, 0.6) is 11.5 Å². The number of methoxy groups -OCH3 is 2. The molecule has 4 unspecified atom stereocenters. The number of benzene rings is 2. The lowest BCUT2D eigenvalue weighted by atomic mass is 9.78. The normalized spacial score (nSPS) is 23.1. The summed E-state index contributed by atoms with van der Waals surface area (Å²) < 4.78 is 11.0. The summed E-state index contributed by atoms with van der Waals surface area (Å²) in [6.45, 7) is 5.53. The molecular formula is C34H41N7O4. The molecule has 2 aliphatic heterocycles. The van der Waals surface area contributed by atoms with Crippen molar-refractivity contribution in [3.63, 3.8) is 0 Å². The van der Waals surface area contributed by atoms with Crippen molar-refractivity contribution in [2.45, 2.75) is 62.7 Å². The topological polar surface area (TPSA) is 121 Å². The molecule has 4 atom stereocenters. The van der Waals surface area contributed by atoms with E-state index in [-0.39, 0.29) is 30.1 Å². The van der Waals surface area contributed by atoms with Gasteiger partial charge in [-0.25, -0.2) is 9.78 Å². The van der Waals surface area contributed by atoms with Gasteiger partial charge < -0.3 is 25.4 Å². The number of aromatic nitrogens is 2. The van der Waals surface area contributed by atoms with Gasteiger partial charge in [0.25, 0.3) is 0 Å². The second kappa shape index (κ2) is 13.6. The molecule has 0 spiro atoms. The SMILES string of the molecule is C=CC(=O)NC1CCC(c2ccccc2)CC1Nc1ncc2c(n1)N(C1CCCNC1)C(=O)N(c1cc(OC)cc(OC)c1)C2. The van der Waals surface area contributed by atoms with E-state index >= 15 is 0 Å². The highest BCUT2D eigenvalue weighted by Crippen LogP contribution is 2.38. The van der Waals surface area contributed by atoms with Gasteiger partial charge in [0.2, 0.25) is 11.9 Å². The quantitative estimate of drug-likeness (QED) is 0.300. The summed E-state index contributed by atoms with van der Waals surface area (Å²) in [5.41, 5.74) is 2.79. The second-order valence-corrected chi connectivity index (χ2v) is 11.8. The fourth-order valence-electron chi connectivity index (χ4n) is 6.72. The molecule has 0 bridgehead atoms. The van der Waals surface area contributed by atoms with Crippen molar-refractivity contribution >= 4 is 29.4 Å². The van der Waals surface area contributed by atoms with Crippen molar-refractivity contribution in [3.8, 4) is 11.5 Å². The average molecular weight is 612 g/mol. The number of carbonyl (C=O) groups excluding carboxylic acids is 2. The number of urea groups is 1.